The summed E-state index contributed by atoms with van der Waals surface area (Å²) in [7, 11) is 0. The fourth-order valence-corrected chi connectivity index (χ4v) is 8.60. The molecule has 0 saturated heterocycles. The first kappa shape index (κ1) is 32.8. The van der Waals surface area contributed by atoms with Crippen LogP contribution in [0.4, 0.5) is 17.1 Å². The summed E-state index contributed by atoms with van der Waals surface area (Å²) >= 11 is 0. The maximum absolute atomic E-state index is 6.60. The lowest BCUT2D eigenvalue weighted by Crippen LogP contribution is -2.12. The molecule has 3 heteroatoms. The van der Waals surface area contributed by atoms with Crippen molar-refractivity contribution >= 4 is 60.8 Å². The van der Waals surface area contributed by atoms with E-state index in [0.717, 1.165) is 72.5 Å². The molecule has 0 N–H and O–H groups in total. The topological polar surface area (TPSA) is 21.3 Å². The van der Waals surface area contributed by atoms with E-state index in [1.54, 1.807) is 0 Å². The second-order valence-corrected chi connectivity index (χ2v) is 14.5. The van der Waals surface area contributed by atoms with Crippen LogP contribution >= 0.6 is 0 Å². The van der Waals surface area contributed by atoms with E-state index in [1.165, 1.54) is 27.4 Å². The van der Waals surface area contributed by atoms with Crippen LogP contribution in [0.15, 0.2) is 223 Å². The number of hydrogen-bond donors (Lipinski definition) is 0. The second kappa shape index (κ2) is 13.6. The van der Waals surface area contributed by atoms with Gasteiger partial charge in [0, 0.05) is 49.6 Å². The molecule has 0 amide bonds. The number of fused-ring (bicyclic) bond motifs is 6. The summed E-state index contributed by atoms with van der Waals surface area (Å²) in [6.45, 7) is 0. The minimum absolute atomic E-state index is 0.891. The van der Waals surface area contributed by atoms with E-state index in [2.05, 4.69) is 216 Å². The molecular weight excluding hydrogens is 693 g/mol. The fourth-order valence-electron chi connectivity index (χ4n) is 8.60. The van der Waals surface area contributed by atoms with Gasteiger partial charge in [-0.2, -0.15) is 0 Å². The summed E-state index contributed by atoms with van der Waals surface area (Å²) in [5.41, 5.74) is 15.4. The molecule has 9 aromatic carbocycles. The zero-order chi connectivity index (χ0) is 37.7. The Morgan fingerprint density at radius 3 is 1.54 bits per heavy atom. The third-order valence-electron chi connectivity index (χ3n) is 11.2. The van der Waals surface area contributed by atoms with Gasteiger partial charge in [0.25, 0.3) is 0 Å². The molecule has 0 fully saturated rings. The molecule has 3 nitrogen and oxygen atoms in total. The van der Waals surface area contributed by atoms with E-state index in [9.17, 15) is 0 Å². The number of nitrogens with zero attached hydrogens (tertiary/aromatic N) is 2. The van der Waals surface area contributed by atoms with Crippen LogP contribution in [0, 0.1) is 0 Å². The molecule has 0 radical (unpaired) electrons. The van der Waals surface area contributed by atoms with Gasteiger partial charge in [-0.15, -0.1) is 0 Å². The molecule has 11 aromatic rings. The molecule has 2 heterocycles. The van der Waals surface area contributed by atoms with Crippen molar-refractivity contribution in [2.75, 3.05) is 4.90 Å². The maximum Gasteiger partial charge on any atom is 0.143 e. The van der Waals surface area contributed by atoms with E-state index < -0.39 is 0 Å². The van der Waals surface area contributed by atoms with Crippen LogP contribution in [0.5, 0.6) is 0 Å². The Morgan fingerprint density at radius 2 is 0.842 bits per heavy atom. The highest BCUT2D eigenvalue weighted by atomic mass is 16.3. The predicted octanol–water partition coefficient (Wildman–Crippen LogP) is 15.2. The van der Waals surface area contributed by atoms with Crippen molar-refractivity contribution in [1.82, 2.24) is 4.57 Å². The van der Waals surface area contributed by atoms with Crippen LogP contribution in [0.1, 0.15) is 0 Å². The van der Waals surface area contributed by atoms with Crippen molar-refractivity contribution in [3.05, 3.63) is 218 Å². The molecular formula is C54H36N2O. The minimum atomic E-state index is 0.891. The van der Waals surface area contributed by atoms with Gasteiger partial charge < -0.3 is 13.9 Å². The molecule has 0 saturated carbocycles. The SMILES string of the molecule is c1ccc(-c2ccccc2N(c2ccc(-c3ccc(-n4c5ccccc5c5ccccc54)cc3)cc2)c2ccccc2-c2cccc3c2oc2ccccc23)cc1. The first-order valence-electron chi connectivity index (χ1n) is 19.4. The highest BCUT2D eigenvalue weighted by molar-refractivity contribution is 6.11. The Morgan fingerprint density at radius 1 is 0.333 bits per heavy atom. The molecule has 0 atom stereocenters. The number of anilines is 3. The largest absolute Gasteiger partial charge is 0.455 e. The van der Waals surface area contributed by atoms with Gasteiger partial charge in [-0.25, -0.2) is 0 Å². The van der Waals surface area contributed by atoms with Gasteiger partial charge in [0.05, 0.1) is 22.4 Å². The Labute approximate surface area is 330 Å². The van der Waals surface area contributed by atoms with Gasteiger partial charge in [-0.1, -0.05) is 164 Å². The average Bonchev–Trinajstić information content (AvgIpc) is 3.84. The molecule has 2 aromatic heterocycles. The maximum atomic E-state index is 6.60. The summed E-state index contributed by atoms with van der Waals surface area (Å²) in [6, 6.07) is 78.0. The first-order chi connectivity index (χ1) is 28.3. The van der Waals surface area contributed by atoms with E-state index >= 15 is 0 Å². The van der Waals surface area contributed by atoms with E-state index in [1.807, 2.05) is 12.1 Å². The molecule has 0 bridgehead atoms. The van der Waals surface area contributed by atoms with Crippen LogP contribution in [0.3, 0.4) is 0 Å². The molecule has 268 valence electrons. The van der Waals surface area contributed by atoms with Gasteiger partial charge in [0.15, 0.2) is 0 Å². The standard InChI is InChI=1S/C54H36N2O/c1-2-15-39(16-3-1)42-17-4-9-24-49(42)55(52-27-12-7-20-45(52)47-22-14-23-48-46-21-8-13-28-53(46)57-54(47)48)40-33-29-37(30-34-40)38-31-35-41(36-32-38)56-50-25-10-5-18-43(50)44-19-6-11-26-51(44)56/h1-36H. The third-order valence-corrected chi connectivity index (χ3v) is 11.2. The third kappa shape index (κ3) is 5.51. The Hall–Kier alpha value is -7.62. The molecule has 0 unspecified atom stereocenters. The van der Waals surface area contributed by atoms with Crippen LogP contribution < -0.4 is 4.90 Å². The normalized spacial score (nSPS) is 11.5. The molecule has 0 spiro atoms. The summed E-state index contributed by atoms with van der Waals surface area (Å²) in [4.78, 5) is 2.40. The van der Waals surface area contributed by atoms with Gasteiger partial charge in [-0.05, 0) is 71.3 Å². The smallest absolute Gasteiger partial charge is 0.143 e. The van der Waals surface area contributed by atoms with Crippen molar-refractivity contribution in [3.8, 4) is 39.1 Å². The van der Waals surface area contributed by atoms with E-state index in [-0.39, 0.29) is 0 Å². The van der Waals surface area contributed by atoms with Crippen molar-refractivity contribution in [2.45, 2.75) is 0 Å². The van der Waals surface area contributed by atoms with Gasteiger partial charge in [0.2, 0.25) is 0 Å². The molecule has 11 rings (SSSR count). The Bertz CT molecular complexity index is 3170. The highest BCUT2D eigenvalue weighted by Gasteiger charge is 2.22. The van der Waals surface area contributed by atoms with Crippen LogP contribution in [0.2, 0.25) is 0 Å². The summed E-state index contributed by atoms with van der Waals surface area (Å²) < 4.78 is 8.96. The molecule has 0 aliphatic rings. The zero-order valence-corrected chi connectivity index (χ0v) is 31.1. The van der Waals surface area contributed by atoms with Gasteiger partial charge in [-0.3, -0.25) is 0 Å². The number of benzene rings is 9. The first-order valence-corrected chi connectivity index (χ1v) is 19.4. The van der Waals surface area contributed by atoms with Gasteiger partial charge >= 0.3 is 0 Å². The molecule has 0 aliphatic carbocycles. The fraction of sp³-hybridized carbons (Fsp3) is 0. The lowest BCUT2D eigenvalue weighted by molar-refractivity contribution is 0.670. The Balaban J connectivity index is 1.04. The number of furan rings is 1. The van der Waals surface area contributed by atoms with Crippen LogP contribution in [0.25, 0.3) is 82.8 Å². The summed E-state index contributed by atoms with van der Waals surface area (Å²) in [5.74, 6) is 0. The Kier molecular flexibility index (Phi) is 7.82. The summed E-state index contributed by atoms with van der Waals surface area (Å²) in [5, 5.41) is 4.77. The lowest BCUT2D eigenvalue weighted by atomic mass is 9.97. The van der Waals surface area contributed by atoms with E-state index in [0.29, 0.717) is 0 Å². The van der Waals surface area contributed by atoms with Crippen LogP contribution in [-0.4, -0.2) is 4.57 Å². The van der Waals surface area contributed by atoms with Gasteiger partial charge in [0.1, 0.15) is 11.2 Å². The monoisotopic (exact) mass is 728 g/mol. The number of aromatic nitrogens is 1. The zero-order valence-electron chi connectivity index (χ0n) is 31.1. The lowest BCUT2D eigenvalue weighted by Gasteiger charge is -2.30. The average molecular weight is 729 g/mol. The minimum Gasteiger partial charge on any atom is -0.455 e. The summed E-state index contributed by atoms with van der Waals surface area (Å²) in [6.07, 6.45) is 0. The highest BCUT2D eigenvalue weighted by Crippen LogP contribution is 2.47. The van der Waals surface area contributed by atoms with Crippen LogP contribution in [-0.2, 0) is 0 Å². The number of hydrogen-bond acceptors (Lipinski definition) is 2. The molecule has 0 aliphatic heterocycles. The second-order valence-electron chi connectivity index (χ2n) is 14.5. The number of rotatable bonds is 7. The predicted molar refractivity (Wildman–Crippen MR) is 239 cm³/mol. The quantitative estimate of drug-likeness (QED) is 0.163. The van der Waals surface area contributed by atoms with Crippen molar-refractivity contribution in [1.29, 1.82) is 0 Å². The van der Waals surface area contributed by atoms with Crippen molar-refractivity contribution in [3.63, 3.8) is 0 Å². The van der Waals surface area contributed by atoms with Crippen molar-refractivity contribution in [2.24, 2.45) is 0 Å². The van der Waals surface area contributed by atoms with Crippen molar-refractivity contribution < 1.29 is 4.42 Å². The molecule has 57 heavy (non-hydrogen) atoms. The van der Waals surface area contributed by atoms with E-state index in [4.69, 9.17) is 4.42 Å². The number of para-hydroxylation sites is 6.